The maximum Gasteiger partial charge on any atom is 0.342 e. The lowest BCUT2D eigenvalue weighted by Gasteiger charge is -2.02. The monoisotopic (exact) mass is 312 g/mol. The minimum absolute atomic E-state index is 0.393. The molecular formula is C16H24O6. The van der Waals surface area contributed by atoms with Gasteiger partial charge in [-0.3, -0.25) is 0 Å². The molecule has 0 aromatic heterocycles. The predicted octanol–water partition coefficient (Wildman–Crippen LogP) is 2.93. The summed E-state index contributed by atoms with van der Waals surface area (Å²) >= 11 is 0. The highest BCUT2D eigenvalue weighted by molar-refractivity contribution is 6.12. The van der Waals surface area contributed by atoms with Crippen LogP contribution in [0.3, 0.4) is 0 Å². The highest BCUT2D eigenvalue weighted by Gasteiger charge is 2.14. The summed E-state index contributed by atoms with van der Waals surface area (Å²) in [5.41, 5.74) is -0.561. The second kappa shape index (κ2) is 12.6. The molecule has 6 nitrogen and oxygen atoms in total. The van der Waals surface area contributed by atoms with Crippen molar-refractivity contribution in [2.75, 3.05) is 6.61 Å². The molecule has 0 rings (SSSR count). The molecule has 2 N–H and O–H groups in total. The van der Waals surface area contributed by atoms with Crippen LogP contribution in [0.4, 0.5) is 0 Å². The first-order valence-electron chi connectivity index (χ1n) is 7.45. The van der Waals surface area contributed by atoms with Crippen molar-refractivity contribution >= 4 is 17.9 Å². The topological polar surface area (TPSA) is 101 Å². The van der Waals surface area contributed by atoms with Crippen molar-refractivity contribution in [3.8, 4) is 0 Å². The molecule has 0 radical (unpaired) electrons. The van der Waals surface area contributed by atoms with Crippen LogP contribution in [0.15, 0.2) is 24.3 Å². The first kappa shape index (κ1) is 19.9. The van der Waals surface area contributed by atoms with E-state index >= 15 is 0 Å². The highest BCUT2D eigenvalue weighted by Crippen LogP contribution is 2.10. The molecule has 124 valence electrons. The second-order valence-corrected chi connectivity index (χ2v) is 4.86. The van der Waals surface area contributed by atoms with Gasteiger partial charge in [0.2, 0.25) is 0 Å². The van der Waals surface area contributed by atoms with Gasteiger partial charge < -0.3 is 14.9 Å². The summed E-state index contributed by atoms with van der Waals surface area (Å²) in [6.07, 6.45) is 9.56. The van der Waals surface area contributed by atoms with Gasteiger partial charge in [-0.1, -0.05) is 44.8 Å². The number of esters is 1. The van der Waals surface area contributed by atoms with Gasteiger partial charge in [0.15, 0.2) is 0 Å². The number of carboxylic acid groups (broad SMARTS) is 2. The first-order valence-corrected chi connectivity index (χ1v) is 7.45. The van der Waals surface area contributed by atoms with Gasteiger partial charge in [-0.2, -0.15) is 0 Å². The van der Waals surface area contributed by atoms with Crippen LogP contribution in [0, 0.1) is 0 Å². The quantitative estimate of drug-likeness (QED) is 0.178. The van der Waals surface area contributed by atoms with Crippen molar-refractivity contribution in [2.24, 2.45) is 0 Å². The Bertz CT molecular complexity index is 395. The number of ether oxygens (including phenoxy) is 1. The molecule has 0 spiro atoms. The summed E-state index contributed by atoms with van der Waals surface area (Å²) in [5, 5.41) is 17.3. The number of carbonyl (C=O) groups is 3. The van der Waals surface area contributed by atoms with Crippen LogP contribution >= 0.6 is 0 Å². The molecule has 0 aliphatic heterocycles. The zero-order valence-electron chi connectivity index (χ0n) is 12.8. The molecule has 0 heterocycles. The van der Waals surface area contributed by atoms with E-state index in [9.17, 15) is 14.4 Å². The molecule has 0 atom stereocenters. The third kappa shape index (κ3) is 10.7. The van der Waals surface area contributed by atoms with Gasteiger partial charge >= 0.3 is 17.9 Å². The minimum atomic E-state index is -1.40. The molecule has 0 aliphatic rings. The molecular weight excluding hydrogens is 288 g/mol. The largest absolute Gasteiger partial charge is 0.477 e. The fourth-order valence-electron chi connectivity index (χ4n) is 1.87. The summed E-state index contributed by atoms with van der Waals surface area (Å²) in [6.45, 7) is 3.73. The fourth-order valence-corrected chi connectivity index (χ4v) is 1.87. The Hall–Kier alpha value is -2.11. The number of carbonyl (C=O) groups excluding carboxylic acids is 1. The van der Waals surface area contributed by atoms with Gasteiger partial charge in [0.05, 0.1) is 6.61 Å². The van der Waals surface area contributed by atoms with E-state index in [2.05, 4.69) is 6.58 Å². The Labute approximate surface area is 130 Å². The highest BCUT2D eigenvalue weighted by atomic mass is 16.5. The van der Waals surface area contributed by atoms with Crippen molar-refractivity contribution in [2.45, 2.75) is 51.4 Å². The van der Waals surface area contributed by atoms with E-state index in [0.29, 0.717) is 13.0 Å². The standard InChI is InChI=1S/C16H24O6/c1-2-14(17)22-12-10-8-6-4-3-5-7-9-11-13(15(18)19)16(20)21/h2,11H,1,3-10,12H2,(H,18,19)(H,20,21). The van der Waals surface area contributed by atoms with E-state index in [4.69, 9.17) is 14.9 Å². The van der Waals surface area contributed by atoms with Crippen molar-refractivity contribution in [1.29, 1.82) is 0 Å². The average Bonchev–Trinajstić information content (AvgIpc) is 2.47. The lowest BCUT2D eigenvalue weighted by atomic mass is 10.1. The molecule has 0 saturated heterocycles. The molecule has 0 aromatic carbocycles. The second-order valence-electron chi connectivity index (χ2n) is 4.86. The third-order valence-corrected chi connectivity index (χ3v) is 3.07. The normalized spacial score (nSPS) is 9.82. The van der Waals surface area contributed by atoms with Crippen molar-refractivity contribution in [1.82, 2.24) is 0 Å². The Morgan fingerprint density at radius 3 is 1.86 bits per heavy atom. The molecule has 6 heteroatoms. The van der Waals surface area contributed by atoms with E-state index in [-0.39, 0.29) is 0 Å². The molecule has 0 unspecified atom stereocenters. The average molecular weight is 312 g/mol. The van der Waals surface area contributed by atoms with Gasteiger partial charge in [-0.05, 0) is 19.3 Å². The number of aliphatic carboxylic acids is 2. The van der Waals surface area contributed by atoms with Crippen LogP contribution in [0.5, 0.6) is 0 Å². The van der Waals surface area contributed by atoms with Crippen LogP contribution in [0.2, 0.25) is 0 Å². The van der Waals surface area contributed by atoms with Crippen molar-refractivity contribution in [3.05, 3.63) is 24.3 Å². The minimum Gasteiger partial charge on any atom is -0.477 e. The Morgan fingerprint density at radius 1 is 0.864 bits per heavy atom. The van der Waals surface area contributed by atoms with Gasteiger partial charge in [0.25, 0.3) is 0 Å². The van der Waals surface area contributed by atoms with E-state index in [1.54, 1.807) is 0 Å². The SMILES string of the molecule is C=CC(=O)OCCCCCCCCCC=C(C(=O)O)C(=O)O. The van der Waals surface area contributed by atoms with Crippen LogP contribution < -0.4 is 0 Å². The zero-order valence-corrected chi connectivity index (χ0v) is 12.8. The number of unbranched alkanes of at least 4 members (excludes halogenated alkanes) is 7. The van der Waals surface area contributed by atoms with E-state index < -0.39 is 23.5 Å². The summed E-state index contributed by atoms with van der Waals surface area (Å²) in [6, 6.07) is 0. The van der Waals surface area contributed by atoms with Gasteiger partial charge in [0, 0.05) is 6.08 Å². The first-order chi connectivity index (χ1) is 10.5. The number of rotatable bonds is 13. The number of hydrogen-bond acceptors (Lipinski definition) is 4. The lowest BCUT2D eigenvalue weighted by molar-refractivity contribution is -0.140. The Kier molecular flexibility index (Phi) is 11.4. The maximum absolute atomic E-state index is 10.8. The number of hydrogen-bond donors (Lipinski definition) is 2. The Balaban J connectivity index is 3.49. The summed E-state index contributed by atoms with van der Waals surface area (Å²) in [5.74, 6) is -3.19. The van der Waals surface area contributed by atoms with Crippen LogP contribution in [-0.4, -0.2) is 34.7 Å². The van der Waals surface area contributed by atoms with Gasteiger partial charge in [-0.25, -0.2) is 14.4 Å². The maximum atomic E-state index is 10.8. The number of carboxylic acids is 2. The van der Waals surface area contributed by atoms with E-state index in [1.807, 2.05) is 0 Å². The molecule has 0 bridgehead atoms. The number of allylic oxidation sites excluding steroid dienone is 1. The molecule has 0 saturated carbocycles. The fraction of sp³-hybridized carbons (Fsp3) is 0.562. The van der Waals surface area contributed by atoms with E-state index in [1.165, 1.54) is 6.08 Å². The Morgan fingerprint density at radius 2 is 1.36 bits per heavy atom. The van der Waals surface area contributed by atoms with E-state index in [0.717, 1.165) is 51.0 Å². The van der Waals surface area contributed by atoms with Gasteiger partial charge in [-0.15, -0.1) is 0 Å². The zero-order chi connectivity index (χ0) is 16.8. The lowest BCUT2D eigenvalue weighted by Crippen LogP contribution is -2.10. The third-order valence-electron chi connectivity index (χ3n) is 3.07. The smallest absolute Gasteiger partial charge is 0.342 e. The molecule has 0 amide bonds. The van der Waals surface area contributed by atoms with Gasteiger partial charge in [0.1, 0.15) is 5.57 Å². The van der Waals surface area contributed by atoms with Crippen LogP contribution in [0.25, 0.3) is 0 Å². The predicted molar refractivity (Wildman–Crippen MR) is 81.4 cm³/mol. The summed E-state index contributed by atoms with van der Waals surface area (Å²) < 4.78 is 4.85. The molecule has 22 heavy (non-hydrogen) atoms. The summed E-state index contributed by atoms with van der Waals surface area (Å²) in [4.78, 5) is 32.0. The van der Waals surface area contributed by atoms with Crippen LogP contribution in [-0.2, 0) is 19.1 Å². The van der Waals surface area contributed by atoms with Crippen molar-refractivity contribution in [3.63, 3.8) is 0 Å². The van der Waals surface area contributed by atoms with Crippen molar-refractivity contribution < 1.29 is 29.3 Å². The molecule has 0 aromatic rings. The molecule has 0 aliphatic carbocycles. The summed E-state index contributed by atoms with van der Waals surface area (Å²) in [7, 11) is 0. The van der Waals surface area contributed by atoms with Crippen LogP contribution in [0.1, 0.15) is 51.4 Å². The molecule has 0 fully saturated rings.